The van der Waals surface area contributed by atoms with Gasteiger partial charge in [0.2, 0.25) is 5.71 Å². The van der Waals surface area contributed by atoms with Crippen molar-refractivity contribution in [2.45, 2.75) is 12.5 Å². The van der Waals surface area contributed by atoms with E-state index >= 15 is 0 Å². The van der Waals surface area contributed by atoms with Crippen molar-refractivity contribution >= 4 is 23.3 Å². The number of nitrogens with zero attached hydrogens (tertiary/aromatic N) is 2. The largest absolute Gasteiger partial charge is 0.461 e. The Kier molecular flexibility index (Phi) is 6.05. The lowest BCUT2D eigenvalue weighted by Crippen LogP contribution is -2.38. The van der Waals surface area contributed by atoms with Crippen molar-refractivity contribution in [3.05, 3.63) is 24.3 Å². The Hall–Kier alpha value is -3.36. The van der Waals surface area contributed by atoms with Crippen molar-refractivity contribution in [2.24, 2.45) is 5.16 Å². The van der Waals surface area contributed by atoms with Crippen molar-refractivity contribution in [2.75, 3.05) is 5.32 Å². The van der Waals surface area contributed by atoms with Crippen molar-refractivity contribution in [3.8, 4) is 11.8 Å². The van der Waals surface area contributed by atoms with E-state index in [1.807, 2.05) is 0 Å². The zero-order chi connectivity index (χ0) is 18.3. The fraction of sp³-hybridized carbons (Fsp3) is 0.167. The Labute approximate surface area is 131 Å². The van der Waals surface area contributed by atoms with Crippen molar-refractivity contribution < 1.29 is 37.1 Å². The molecule has 0 aliphatic heterocycles. The van der Waals surface area contributed by atoms with E-state index in [1.54, 1.807) is 5.32 Å². The third kappa shape index (κ3) is 5.13. The summed E-state index contributed by atoms with van der Waals surface area (Å²) in [6.45, 7) is 0. The highest BCUT2D eigenvalue weighted by Gasteiger charge is 2.43. The number of hydrogen-bond donors (Lipinski definition) is 3. The molecule has 3 N–H and O–H groups in total. The maximum absolute atomic E-state index is 12.7. The highest BCUT2D eigenvalue weighted by molar-refractivity contribution is 6.47. The summed E-state index contributed by atoms with van der Waals surface area (Å²) in [7, 11) is 0. The first-order valence-corrected chi connectivity index (χ1v) is 5.89. The summed E-state index contributed by atoms with van der Waals surface area (Å²) in [5.74, 6) is -1.87. The summed E-state index contributed by atoms with van der Waals surface area (Å²) in [6.07, 6.45) is -8.69. The minimum Gasteiger partial charge on any atom is -0.428 e. The van der Waals surface area contributed by atoms with Gasteiger partial charge in [-0.2, -0.15) is 22.8 Å². The number of nitrogens with one attached hydrogen (secondary N) is 2. The molecule has 3 amide bonds. The third-order valence-electron chi connectivity index (χ3n) is 2.27. The molecule has 1 rings (SSSR count). The Morgan fingerprint density at radius 2 is 1.88 bits per heavy atom. The van der Waals surface area contributed by atoms with Gasteiger partial charge in [0.05, 0.1) is 0 Å². The number of carbonyl (C=O) groups excluding carboxylic acids is 2. The summed E-state index contributed by atoms with van der Waals surface area (Å²) >= 11 is 0. The number of nitriles is 1. The van der Waals surface area contributed by atoms with Gasteiger partial charge in [0.25, 0.3) is 5.91 Å². The lowest BCUT2D eigenvalue weighted by Gasteiger charge is -2.16. The molecular formula is C12H8F4N4O4. The van der Waals surface area contributed by atoms with Crippen LogP contribution in [0, 0.1) is 11.3 Å². The van der Waals surface area contributed by atoms with Crippen LogP contribution in [0.3, 0.4) is 0 Å². The highest BCUT2D eigenvalue weighted by atomic mass is 19.3. The maximum Gasteiger partial charge on any atom is 0.461 e. The number of rotatable bonds is 5. The number of carbonyl (C=O) groups is 2. The number of anilines is 1. The highest BCUT2D eigenvalue weighted by Crippen LogP contribution is 2.28. The predicted octanol–water partition coefficient (Wildman–Crippen LogP) is 1.93. The van der Waals surface area contributed by atoms with Gasteiger partial charge in [-0.15, -0.1) is 0 Å². The quantitative estimate of drug-likeness (QED) is 0.325. The Bertz CT molecular complexity index is 685. The standard InChI is InChI=1S/C12H8F4N4O4/c13-10(14)12(15,16)24-7-3-1-6(2-4-7)18-11(22)19-9(21)8(5-17)20-23/h1-4,10,23H,(H2,18,19,21,22)/b20-8+. The lowest BCUT2D eigenvalue weighted by atomic mass is 10.3. The summed E-state index contributed by atoms with van der Waals surface area (Å²) < 4.78 is 53.1. The molecular weight excluding hydrogens is 340 g/mol. The van der Waals surface area contributed by atoms with Gasteiger partial charge in [-0.25, -0.2) is 4.79 Å². The van der Waals surface area contributed by atoms with Crippen LogP contribution in [0.5, 0.6) is 5.75 Å². The Morgan fingerprint density at radius 3 is 2.33 bits per heavy atom. The van der Waals surface area contributed by atoms with Gasteiger partial charge in [0.1, 0.15) is 11.8 Å². The van der Waals surface area contributed by atoms with Crippen LogP contribution in [-0.2, 0) is 4.79 Å². The zero-order valence-corrected chi connectivity index (χ0v) is 11.5. The second kappa shape index (κ2) is 7.77. The fourth-order valence-electron chi connectivity index (χ4n) is 1.25. The number of alkyl halides is 4. The topological polar surface area (TPSA) is 124 Å². The van der Waals surface area contributed by atoms with Crippen molar-refractivity contribution in [3.63, 3.8) is 0 Å². The molecule has 0 bridgehead atoms. The molecule has 0 heterocycles. The predicted molar refractivity (Wildman–Crippen MR) is 70.0 cm³/mol. The molecule has 1 aromatic carbocycles. The van der Waals surface area contributed by atoms with Gasteiger partial charge < -0.3 is 15.3 Å². The normalized spacial score (nSPS) is 11.6. The lowest BCUT2D eigenvalue weighted by molar-refractivity contribution is -0.253. The van der Waals surface area contributed by atoms with E-state index in [0.717, 1.165) is 24.3 Å². The van der Waals surface area contributed by atoms with Crippen LogP contribution >= 0.6 is 0 Å². The second-order valence-electron chi connectivity index (χ2n) is 3.96. The number of halogens is 4. The van der Waals surface area contributed by atoms with Gasteiger partial charge in [-0.3, -0.25) is 10.1 Å². The molecule has 0 atom stereocenters. The van der Waals surface area contributed by atoms with E-state index in [9.17, 15) is 27.2 Å². The molecule has 0 fully saturated rings. The van der Waals surface area contributed by atoms with Crippen LogP contribution in [0.2, 0.25) is 0 Å². The van der Waals surface area contributed by atoms with Gasteiger partial charge in [0.15, 0.2) is 0 Å². The van der Waals surface area contributed by atoms with Gasteiger partial charge in [-0.05, 0) is 24.3 Å². The average molecular weight is 348 g/mol. The van der Waals surface area contributed by atoms with Crippen molar-refractivity contribution in [1.29, 1.82) is 5.26 Å². The molecule has 0 saturated carbocycles. The van der Waals surface area contributed by atoms with Crippen LogP contribution in [-0.4, -0.2) is 35.4 Å². The molecule has 0 saturated heterocycles. The molecule has 8 nitrogen and oxygen atoms in total. The number of urea groups is 1. The van der Waals surface area contributed by atoms with E-state index in [-0.39, 0.29) is 5.69 Å². The van der Waals surface area contributed by atoms with Crippen LogP contribution < -0.4 is 15.4 Å². The number of imide groups is 1. The Morgan fingerprint density at radius 1 is 1.29 bits per heavy atom. The van der Waals surface area contributed by atoms with Gasteiger partial charge >= 0.3 is 18.6 Å². The molecule has 0 aliphatic rings. The summed E-state index contributed by atoms with van der Waals surface area (Å²) in [5.41, 5.74) is -0.976. The van der Waals surface area contributed by atoms with Crippen LogP contribution in [0.25, 0.3) is 0 Å². The second-order valence-corrected chi connectivity index (χ2v) is 3.96. The van der Waals surface area contributed by atoms with Crippen LogP contribution in [0.15, 0.2) is 29.4 Å². The molecule has 12 heteroatoms. The first kappa shape index (κ1) is 18.7. The maximum atomic E-state index is 12.7. The molecule has 0 aliphatic carbocycles. The SMILES string of the molecule is N#C/C(=N\O)C(=O)NC(=O)Nc1ccc(OC(F)(F)C(F)F)cc1. The van der Waals surface area contributed by atoms with E-state index in [4.69, 9.17) is 10.5 Å². The fourth-order valence-corrected chi connectivity index (χ4v) is 1.25. The molecule has 0 radical (unpaired) electrons. The zero-order valence-electron chi connectivity index (χ0n) is 11.5. The van der Waals surface area contributed by atoms with Gasteiger partial charge in [0, 0.05) is 5.69 Å². The van der Waals surface area contributed by atoms with Crippen molar-refractivity contribution in [1.82, 2.24) is 5.32 Å². The van der Waals surface area contributed by atoms with Gasteiger partial charge in [-0.1, -0.05) is 5.16 Å². The minimum absolute atomic E-state index is 0.00698. The van der Waals surface area contributed by atoms with E-state index < -0.39 is 35.9 Å². The monoisotopic (exact) mass is 348 g/mol. The van der Waals surface area contributed by atoms with Crippen LogP contribution in [0.1, 0.15) is 0 Å². The average Bonchev–Trinajstić information content (AvgIpc) is 2.50. The third-order valence-corrected chi connectivity index (χ3v) is 2.27. The minimum atomic E-state index is -4.67. The smallest absolute Gasteiger partial charge is 0.428 e. The van der Waals surface area contributed by atoms with E-state index in [1.165, 1.54) is 6.07 Å². The van der Waals surface area contributed by atoms with E-state index in [2.05, 4.69) is 15.2 Å². The first-order valence-electron chi connectivity index (χ1n) is 5.89. The molecule has 128 valence electrons. The number of amides is 3. The summed E-state index contributed by atoms with van der Waals surface area (Å²) in [4.78, 5) is 22.6. The van der Waals surface area contributed by atoms with Crippen LogP contribution in [0.4, 0.5) is 28.0 Å². The number of ether oxygens (including phenoxy) is 1. The number of oxime groups is 1. The number of hydrogen-bond acceptors (Lipinski definition) is 6. The van der Waals surface area contributed by atoms with E-state index in [0.29, 0.717) is 0 Å². The summed E-state index contributed by atoms with van der Waals surface area (Å²) in [6, 6.07) is 3.92. The molecule has 0 aromatic heterocycles. The first-order chi connectivity index (χ1) is 11.2. The molecule has 1 aromatic rings. The summed E-state index contributed by atoms with van der Waals surface area (Å²) in [5, 5.41) is 22.8. The Balaban J connectivity index is 2.66. The molecule has 0 spiro atoms. The molecule has 0 unspecified atom stereocenters. The number of benzene rings is 1. The molecule has 24 heavy (non-hydrogen) atoms.